The van der Waals surface area contributed by atoms with Gasteiger partial charge in [-0.1, -0.05) is 289 Å². The van der Waals surface area contributed by atoms with E-state index in [2.05, 4.69) is 19.2 Å². The van der Waals surface area contributed by atoms with Gasteiger partial charge in [-0.15, -0.1) is 0 Å². The largest absolute Gasteiger partial charge is 0.394 e. The summed E-state index contributed by atoms with van der Waals surface area (Å²) in [6, 6.07) is -0.613. The van der Waals surface area contributed by atoms with Crippen LogP contribution in [0.2, 0.25) is 0 Å². The van der Waals surface area contributed by atoms with E-state index in [1.807, 2.05) is 6.08 Å². The van der Waals surface area contributed by atoms with Crippen LogP contribution in [-0.4, -0.2) is 34.9 Å². The summed E-state index contributed by atoms with van der Waals surface area (Å²) >= 11 is 0. The summed E-state index contributed by atoms with van der Waals surface area (Å²) < 4.78 is 0. The summed E-state index contributed by atoms with van der Waals surface area (Å²) in [6.45, 7) is 4.23. The number of carbonyl (C=O) groups is 1. The molecule has 2 atom stereocenters. The molecule has 1 amide bonds. The van der Waals surface area contributed by atoms with Crippen molar-refractivity contribution in [2.24, 2.45) is 0 Å². The van der Waals surface area contributed by atoms with Crippen molar-refractivity contribution in [2.75, 3.05) is 6.61 Å². The Kier molecular flexibility index (Phi) is 48.7. The van der Waals surface area contributed by atoms with Crippen molar-refractivity contribution < 1.29 is 15.0 Å². The molecule has 0 rings (SSSR count). The molecule has 0 aliphatic rings. The highest BCUT2D eigenvalue weighted by molar-refractivity contribution is 5.76. The number of allylic oxidation sites excluding steroid dienone is 1. The fourth-order valence-electron chi connectivity index (χ4n) is 8.48. The third kappa shape index (κ3) is 46.1. The second-order valence-corrected chi connectivity index (χ2v) is 18.3. The van der Waals surface area contributed by atoms with Crippen molar-refractivity contribution in [3.63, 3.8) is 0 Å². The molecular formula is C53H105NO3. The molecule has 0 heterocycles. The van der Waals surface area contributed by atoms with Gasteiger partial charge in [0, 0.05) is 6.42 Å². The van der Waals surface area contributed by atoms with E-state index in [4.69, 9.17) is 0 Å². The van der Waals surface area contributed by atoms with Crippen molar-refractivity contribution in [3.05, 3.63) is 12.2 Å². The number of nitrogens with one attached hydrogen (secondary N) is 1. The minimum Gasteiger partial charge on any atom is -0.394 e. The third-order valence-electron chi connectivity index (χ3n) is 12.5. The molecule has 2 unspecified atom stereocenters. The Morgan fingerprint density at radius 1 is 0.404 bits per heavy atom. The third-order valence-corrected chi connectivity index (χ3v) is 12.5. The highest BCUT2D eigenvalue weighted by Crippen LogP contribution is 2.18. The van der Waals surface area contributed by atoms with Crippen molar-refractivity contribution in [1.82, 2.24) is 5.32 Å². The molecule has 0 fully saturated rings. The number of rotatable bonds is 49. The van der Waals surface area contributed by atoms with E-state index in [0.717, 1.165) is 25.7 Å². The fraction of sp³-hybridized carbons (Fsp3) is 0.943. The second-order valence-electron chi connectivity index (χ2n) is 18.3. The van der Waals surface area contributed by atoms with Crippen molar-refractivity contribution in [1.29, 1.82) is 0 Å². The Balaban J connectivity index is 3.24. The minimum atomic E-state index is -0.830. The van der Waals surface area contributed by atoms with E-state index in [0.29, 0.717) is 6.42 Å². The van der Waals surface area contributed by atoms with Gasteiger partial charge in [0.2, 0.25) is 5.91 Å². The van der Waals surface area contributed by atoms with Gasteiger partial charge in [0.05, 0.1) is 18.8 Å². The molecule has 4 nitrogen and oxygen atoms in total. The number of hydrogen-bond acceptors (Lipinski definition) is 3. The highest BCUT2D eigenvalue weighted by atomic mass is 16.3. The zero-order valence-electron chi connectivity index (χ0n) is 39.1. The molecular weight excluding hydrogens is 699 g/mol. The van der Waals surface area contributed by atoms with Gasteiger partial charge >= 0.3 is 0 Å². The van der Waals surface area contributed by atoms with E-state index in [1.165, 1.54) is 257 Å². The molecule has 340 valence electrons. The molecule has 0 saturated carbocycles. The van der Waals surface area contributed by atoms with Crippen LogP contribution in [0.5, 0.6) is 0 Å². The molecule has 0 aromatic rings. The van der Waals surface area contributed by atoms with Crippen LogP contribution in [0.1, 0.15) is 303 Å². The van der Waals surface area contributed by atoms with Gasteiger partial charge in [-0.05, 0) is 19.3 Å². The summed E-state index contributed by atoms with van der Waals surface area (Å²) in [7, 11) is 0. The lowest BCUT2D eigenvalue weighted by molar-refractivity contribution is -0.123. The number of unbranched alkanes of at least 4 members (excludes halogenated alkanes) is 42. The van der Waals surface area contributed by atoms with Gasteiger partial charge in [-0.3, -0.25) is 4.79 Å². The summed E-state index contributed by atoms with van der Waals surface area (Å²) in [6.07, 6.45) is 64.4. The Labute approximate surface area is 358 Å². The Morgan fingerprint density at radius 2 is 0.649 bits per heavy atom. The first-order chi connectivity index (χ1) is 28.2. The predicted octanol–water partition coefficient (Wildman–Crippen LogP) is 17.0. The highest BCUT2D eigenvalue weighted by Gasteiger charge is 2.18. The standard InChI is InChI=1S/C53H105NO3/c1-3-5-7-9-10-11-12-13-14-15-16-17-18-19-20-21-22-23-24-25-26-27-28-29-30-31-32-33-34-35-36-37-38-39-40-41-42-43-45-47-49-53(57)54-51(50-55)52(56)48-46-44-8-6-4-2/h46,48,51-52,55-56H,3-45,47,49-50H2,1-2H3,(H,54,57)/b48-46+. The first-order valence-corrected chi connectivity index (χ1v) is 26.4. The number of carbonyl (C=O) groups excluding carboxylic acids is 1. The Bertz CT molecular complexity index is 784. The Hall–Kier alpha value is -0.870. The SMILES string of the molecule is CCCCC/C=C/C(O)C(CO)NC(=O)CCCCCCCCCCCCCCCCCCCCCCCCCCCCCCCCCCCCCCCCCC. The quantitative estimate of drug-likeness (QED) is 0.0424. The molecule has 0 aromatic heterocycles. The van der Waals surface area contributed by atoms with Crippen LogP contribution in [0.25, 0.3) is 0 Å². The normalized spacial score (nSPS) is 12.8. The van der Waals surface area contributed by atoms with Gasteiger partial charge in [0.15, 0.2) is 0 Å². The van der Waals surface area contributed by atoms with Gasteiger partial charge in [0.25, 0.3) is 0 Å². The van der Waals surface area contributed by atoms with Crippen LogP contribution >= 0.6 is 0 Å². The minimum absolute atomic E-state index is 0.0656. The fourth-order valence-corrected chi connectivity index (χ4v) is 8.48. The monoisotopic (exact) mass is 804 g/mol. The van der Waals surface area contributed by atoms with E-state index in [9.17, 15) is 15.0 Å². The molecule has 0 spiro atoms. The van der Waals surface area contributed by atoms with Crippen molar-refractivity contribution in [3.8, 4) is 0 Å². The zero-order chi connectivity index (χ0) is 41.4. The maximum Gasteiger partial charge on any atom is 0.220 e. The lowest BCUT2D eigenvalue weighted by Crippen LogP contribution is -2.45. The maximum absolute atomic E-state index is 12.3. The zero-order valence-corrected chi connectivity index (χ0v) is 39.1. The van der Waals surface area contributed by atoms with Crippen molar-refractivity contribution in [2.45, 2.75) is 315 Å². The molecule has 0 aliphatic heterocycles. The maximum atomic E-state index is 12.3. The van der Waals surface area contributed by atoms with E-state index >= 15 is 0 Å². The van der Waals surface area contributed by atoms with Gasteiger partial charge in [-0.2, -0.15) is 0 Å². The van der Waals surface area contributed by atoms with Crippen LogP contribution < -0.4 is 5.32 Å². The average molecular weight is 804 g/mol. The summed E-state index contributed by atoms with van der Waals surface area (Å²) in [5.74, 6) is -0.0656. The van der Waals surface area contributed by atoms with Crippen LogP contribution in [-0.2, 0) is 4.79 Å². The van der Waals surface area contributed by atoms with Crippen LogP contribution in [0.3, 0.4) is 0 Å². The van der Waals surface area contributed by atoms with Crippen LogP contribution in [0.4, 0.5) is 0 Å². The summed E-state index contributed by atoms with van der Waals surface area (Å²) in [5, 5.41) is 22.7. The van der Waals surface area contributed by atoms with E-state index in [-0.39, 0.29) is 12.5 Å². The average Bonchev–Trinajstić information content (AvgIpc) is 3.21. The number of hydrogen-bond donors (Lipinski definition) is 3. The van der Waals surface area contributed by atoms with Gasteiger partial charge < -0.3 is 15.5 Å². The van der Waals surface area contributed by atoms with E-state index < -0.39 is 12.1 Å². The first kappa shape index (κ1) is 56.1. The smallest absolute Gasteiger partial charge is 0.220 e. The van der Waals surface area contributed by atoms with E-state index in [1.54, 1.807) is 6.08 Å². The number of amides is 1. The molecule has 0 aliphatic carbocycles. The molecule has 3 N–H and O–H groups in total. The Morgan fingerprint density at radius 3 is 0.912 bits per heavy atom. The lowest BCUT2D eigenvalue weighted by Gasteiger charge is -2.20. The van der Waals surface area contributed by atoms with Crippen LogP contribution in [0.15, 0.2) is 12.2 Å². The molecule has 0 radical (unpaired) electrons. The molecule has 4 heteroatoms. The molecule has 0 aromatic carbocycles. The van der Waals surface area contributed by atoms with Gasteiger partial charge in [0.1, 0.15) is 0 Å². The predicted molar refractivity (Wildman–Crippen MR) is 253 cm³/mol. The number of aliphatic hydroxyl groups excluding tert-OH is 2. The molecule has 0 saturated heterocycles. The van der Waals surface area contributed by atoms with Crippen molar-refractivity contribution >= 4 is 5.91 Å². The summed E-state index contributed by atoms with van der Waals surface area (Å²) in [4.78, 5) is 12.3. The molecule has 57 heavy (non-hydrogen) atoms. The number of aliphatic hydroxyl groups is 2. The summed E-state index contributed by atoms with van der Waals surface area (Å²) in [5.41, 5.74) is 0. The topological polar surface area (TPSA) is 69.6 Å². The van der Waals surface area contributed by atoms with Gasteiger partial charge in [-0.25, -0.2) is 0 Å². The second kappa shape index (κ2) is 49.5. The van der Waals surface area contributed by atoms with Crippen LogP contribution in [0, 0.1) is 0 Å². The first-order valence-electron chi connectivity index (χ1n) is 26.4. The molecule has 0 bridgehead atoms. The lowest BCUT2D eigenvalue weighted by atomic mass is 10.0.